The molecule has 0 aliphatic heterocycles. The minimum atomic E-state index is -1.43. The second-order valence-corrected chi connectivity index (χ2v) is 3.82. The topological polar surface area (TPSA) is 57.5 Å². The minimum Gasteiger partial charge on any atom is -0.479 e. The summed E-state index contributed by atoms with van der Waals surface area (Å²) in [4.78, 5) is 11.5. The number of aryl methyl sites for hydroxylation is 1. The van der Waals surface area contributed by atoms with Crippen molar-refractivity contribution in [2.75, 3.05) is 6.26 Å². The fourth-order valence-corrected chi connectivity index (χ4v) is 1.79. The predicted octanol–water partition coefficient (Wildman–Crippen LogP) is 1.83. The first-order valence-corrected chi connectivity index (χ1v) is 5.34. The Morgan fingerprint density at radius 1 is 1.50 bits per heavy atom. The number of carbonyl (C=O) groups is 1. The van der Waals surface area contributed by atoms with Crippen molar-refractivity contribution >= 4 is 17.7 Å². The molecule has 0 bridgehead atoms. The van der Waals surface area contributed by atoms with Gasteiger partial charge >= 0.3 is 5.97 Å². The van der Waals surface area contributed by atoms with Gasteiger partial charge in [0, 0.05) is 4.90 Å². The Morgan fingerprint density at radius 2 is 2.14 bits per heavy atom. The molecule has 0 saturated heterocycles. The largest absolute Gasteiger partial charge is 0.479 e. The van der Waals surface area contributed by atoms with E-state index in [1.54, 1.807) is 12.1 Å². The van der Waals surface area contributed by atoms with E-state index in [1.807, 2.05) is 19.2 Å². The van der Waals surface area contributed by atoms with Gasteiger partial charge in [0.15, 0.2) is 6.10 Å². The minimum absolute atomic E-state index is 0.424. The van der Waals surface area contributed by atoms with Gasteiger partial charge in [0.25, 0.3) is 0 Å². The fourth-order valence-electron chi connectivity index (χ4n) is 1.15. The lowest BCUT2D eigenvalue weighted by Crippen LogP contribution is -2.10. The van der Waals surface area contributed by atoms with Crippen LogP contribution in [0.25, 0.3) is 0 Å². The maximum atomic E-state index is 10.5. The van der Waals surface area contributed by atoms with E-state index in [0.717, 1.165) is 10.5 Å². The standard InChI is InChI=1S/C10H12O3S/c1-6-3-4-7(5-8(6)14-2)9(11)10(12)13/h3-5,9,11H,1-2H3,(H,12,13). The smallest absolute Gasteiger partial charge is 0.337 e. The number of thioether (sulfide) groups is 1. The van der Waals surface area contributed by atoms with E-state index < -0.39 is 12.1 Å². The predicted molar refractivity (Wildman–Crippen MR) is 55.6 cm³/mol. The van der Waals surface area contributed by atoms with Gasteiger partial charge in [-0.25, -0.2) is 4.79 Å². The normalized spacial score (nSPS) is 12.5. The van der Waals surface area contributed by atoms with Gasteiger partial charge in [-0.3, -0.25) is 0 Å². The molecule has 3 nitrogen and oxygen atoms in total. The average molecular weight is 212 g/mol. The van der Waals surface area contributed by atoms with Crippen molar-refractivity contribution in [3.63, 3.8) is 0 Å². The Labute approximate surface area is 86.8 Å². The molecule has 1 aromatic rings. The van der Waals surface area contributed by atoms with Crippen molar-refractivity contribution in [2.45, 2.75) is 17.9 Å². The van der Waals surface area contributed by atoms with Crippen molar-refractivity contribution in [1.29, 1.82) is 0 Å². The summed E-state index contributed by atoms with van der Waals surface area (Å²) >= 11 is 1.53. The van der Waals surface area contributed by atoms with Gasteiger partial charge in [-0.2, -0.15) is 0 Å². The molecule has 0 saturated carbocycles. The first kappa shape index (κ1) is 11.1. The first-order chi connectivity index (χ1) is 6.56. The summed E-state index contributed by atoms with van der Waals surface area (Å²) in [7, 11) is 0. The Kier molecular flexibility index (Phi) is 3.55. The Balaban J connectivity index is 3.06. The number of hydrogen-bond donors (Lipinski definition) is 2. The molecule has 0 fully saturated rings. The van der Waals surface area contributed by atoms with Crippen LogP contribution >= 0.6 is 11.8 Å². The van der Waals surface area contributed by atoms with Gasteiger partial charge in [-0.1, -0.05) is 12.1 Å². The van der Waals surface area contributed by atoms with Crippen LogP contribution in [0.5, 0.6) is 0 Å². The lowest BCUT2D eigenvalue weighted by atomic mass is 10.1. The molecule has 1 unspecified atom stereocenters. The quantitative estimate of drug-likeness (QED) is 0.750. The third-order valence-corrected chi connectivity index (χ3v) is 2.86. The highest BCUT2D eigenvalue weighted by Gasteiger charge is 2.16. The van der Waals surface area contributed by atoms with Crippen molar-refractivity contribution in [3.8, 4) is 0 Å². The number of carboxylic acid groups (broad SMARTS) is 1. The van der Waals surface area contributed by atoms with Gasteiger partial charge in [0.05, 0.1) is 0 Å². The molecule has 1 atom stereocenters. The van der Waals surface area contributed by atoms with E-state index in [-0.39, 0.29) is 0 Å². The summed E-state index contributed by atoms with van der Waals surface area (Å²) < 4.78 is 0. The van der Waals surface area contributed by atoms with Gasteiger partial charge in [-0.05, 0) is 30.4 Å². The van der Waals surface area contributed by atoms with Crippen LogP contribution < -0.4 is 0 Å². The number of benzene rings is 1. The van der Waals surface area contributed by atoms with Crippen LogP contribution in [0.4, 0.5) is 0 Å². The molecule has 0 spiro atoms. The maximum Gasteiger partial charge on any atom is 0.337 e. The molecule has 1 aromatic carbocycles. The zero-order chi connectivity index (χ0) is 10.7. The zero-order valence-corrected chi connectivity index (χ0v) is 8.84. The number of aliphatic hydroxyl groups is 1. The van der Waals surface area contributed by atoms with Crippen LogP contribution in [0.3, 0.4) is 0 Å². The number of aliphatic carboxylic acids is 1. The highest BCUT2D eigenvalue weighted by atomic mass is 32.2. The number of carboxylic acids is 1. The molecule has 2 N–H and O–H groups in total. The van der Waals surface area contributed by atoms with Crippen LogP contribution in [0.2, 0.25) is 0 Å². The first-order valence-electron chi connectivity index (χ1n) is 4.11. The highest BCUT2D eigenvalue weighted by Crippen LogP contribution is 2.24. The second-order valence-electron chi connectivity index (χ2n) is 2.97. The van der Waals surface area contributed by atoms with Crippen LogP contribution in [0, 0.1) is 6.92 Å². The molecular weight excluding hydrogens is 200 g/mol. The molecule has 0 aliphatic rings. The van der Waals surface area contributed by atoms with E-state index in [2.05, 4.69) is 0 Å². The molecule has 0 aromatic heterocycles. The molecule has 76 valence electrons. The molecule has 4 heteroatoms. The molecular formula is C10H12O3S. The van der Waals surface area contributed by atoms with E-state index in [9.17, 15) is 9.90 Å². The monoisotopic (exact) mass is 212 g/mol. The van der Waals surface area contributed by atoms with Gasteiger partial charge < -0.3 is 10.2 Å². The molecule has 0 heterocycles. The van der Waals surface area contributed by atoms with Crippen LogP contribution in [-0.4, -0.2) is 22.4 Å². The molecule has 14 heavy (non-hydrogen) atoms. The average Bonchev–Trinajstić information content (AvgIpc) is 2.17. The van der Waals surface area contributed by atoms with Gasteiger partial charge in [0.2, 0.25) is 0 Å². The molecule has 0 aliphatic carbocycles. The summed E-state index contributed by atoms with van der Waals surface area (Å²) in [5.74, 6) is -1.22. The maximum absolute atomic E-state index is 10.5. The third-order valence-electron chi connectivity index (χ3n) is 1.98. The number of rotatable bonds is 3. The Bertz CT molecular complexity index is 349. The number of hydrogen-bond acceptors (Lipinski definition) is 3. The summed E-state index contributed by atoms with van der Waals surface area (Å²) in [6, 6.07) is 5.15. The van der Waals surface area contributed by atoms with Crippen molar-refractivity contribution in [2.24, 2.45) is 0 Å². The fraction of sp³-hybridized carbons (Fsp3) is 0.300. The van der Waals surface area contributed by atoms with E-state index in [4.69, 9.17) is 5.11 Å². The molecule has 0 radical (unpaired) electrons. The zero-order valence-electron chi connectivity index (χ0n) is 8.02. The van der Waals surface area contributed by atoms with Crippen LogP contribution in [0.1, 0.15) is 17.2 Å². The van der Waals surface area contributed by atoms with Crippen LogP contribution in [-0.2, 0) is 4.79 Å². The Hall–Kier alpha value is -1.00. The van der Waals surface area contributed by atoms with Crippen LogP contribution in [0.15, 0.2) is 23.1 Å². The highest BCUT2D eigenvalue weighted by molar-refractivity contribution is 7.98. The summed E-state index contributed by atoms with van der Waals surface area (Å²) in [6.07, 6.45) is 0.487. The van der Waals surface area contributed by atoms with E-state index in [1.165, 1.54) is 11.8 Å². The second kappa shape index (κ2) is 4.48. The van der Waals surface area contributed by atoms with E-state index >= 15 is 0 Å². The van der Waals surface area contributed by atoms with Gasteiger partial charge in [-0.15, -0.1) is 11.8 Å². The molecule has 0 amide bonds. The lowest BCUT2D eigenvalue weighted by molar-refractivity contribution is -0.146. The summed E-state index contributed by atoms with van der Waals surface area (Å²) in [5.41, 5.74) is 1.51. The number of aliphatic hydroxyl groups excluding tert-OH is 1. The summed E-state index contributed by atoms with van der Waals surface area (Å²) in [6.45, 7) is 1.95. The third kappa shape index (κ3) is 2.27. The SMILES string of the molecule is CSc1cc(C(O)C(=O)O)ccc1C. The summed E-state index contributed by atoms with van der Waals surface area (Å²) in [5, 5.41) is 17.9. The van der Waals surface area contributed by atoms with Gasteiger partial charge in [0.1, 0.15) is 0 Å². The Morgan fingerprint density at radius 3 is 2.64 bits per heavy atom. The van der Waals surface area contributed by atoms with Crippen molar-refractivity contribution in [3.05, 3.63) is 29.3 Å². The lowest BCUT2D eigenvalue weighted by Gasteiger charge is -2.09. The van der Waals surface area contributed by atoms with Crippen molar-refractivity contribution in [1.82, 2.24) is 0 Å². The molecule has 1 rings (SSSR count). The van der Waals surface area contributed by atoms with E-state index in [0.29, 0.717) is 5.56 Å². The van der Waals surface area contributed by atoms with Crippen molar-refractivity contribution < 1.29 is 15.0 Å².